The van der Waals surface area contributed by atoms with E-state index >= 15 is 0 Å². The van der Waals surface area contributed by atoms with E-state index in [-0.39, 0.29) is 5.91 Å². The highest BCUT2D eigenvalue weighted by Gasteiger charge is 2.28. The summed E-state index contributed by atoms with van der Waals surface area (Å²) in [4.78, 5) is 14.0. The summed E-state index contributed by atoms with van der Waals surface area (Å²) in [5.41, 5.74) is 5.81. The zero-order valence-electron chi connectivity index (χ0n) is 10.6. The molecule has 1 atom stereocenters. The van der Waals surface area contributed by atoms with Crippen LogP contribution in [0.5, 0.6) is 0 Å². The van der Waals surface area contributed by atoms with Gasteiger partial charge in [-0.2, -0.15) is 0 Å². The zero-order chi connectivity index (χ0) is 13.0. The van der Waals surface area contributed by atoms with Crippen molar-refractivity contribution in [3.8, 4) is 0 Å². The highest BCUT2D eigenvalue weighted by molar-refractivity contribution is 5.92. The number of ether oxygens (including phenoxy) is 1. The normalized spacial score (nSPS) is 19.4. The Balaban J connectivity index is 1.94. The molecule has 18 heavy (non-hydrogen) atoms. The fourth-order valence-electron chi connectivity index (χ4n) is 2.19. The van der Waals surface area contributed by atoms with Crippen molar-refractivity contribution in [1.29, 1.82) is 0 Å². The first-order chi connectivity index (χ1) is 8.74. The Labute approximate surface area is 106 Å². The zero-order valence-corrected chi connectivity index (χ0v) is 10.6. The van der Waals surface area contributed by atoms with Crippen molar-refractivity contribution in [2.45, 2.75) is 13.0 Å². The summed E-state index contributed by atoms with van der Waals surface area (Å²) in [6.45, 7) is 3.25. The summed E-state index contributed by atoms with van der Waals surface area (Å²) in [7, 11) is 1.68. The molecule has 7 heteroatoms. The minimum Gasteiger partial charge on any atom is -0.384 e. The third-order valence-corrected chi connectivity index (χ3v) is 3.09. The molecule has 0 saturated carbocycles. The first kappa shape index (κ1) is 13.0. The maximum atomic E-state index is 12.2. The molecule has 0 spiro atoms. The van der Waals surface area contributed by atoms with Crippen LogP contribution in [0.3, 0.4) is 0 Å². The smallest absolute Gasteiger partial charge is 0.276 e. The Bertz CT molecular complexity index is 406. The molecule has 2 N–H and O–H groups in total. The van der Waals surface area contributed by atoms with E-state index < -0.39 is 0 Å². The molecule has 1 aliphatic rings. The third kappa shape index (κ3) is 2.85. The Morgan fingerprint density at radius 1 is 1.67 bits per heavy atom. The monoisotopic (exact) mass is 253 g/mol. The summed E-state index contributed by atoms with van der Waals surface area (Å²) in [6.07, 6.45) is 2.63. The second kappa shape index (κ2) is 5.92. The van der Waals surface area contributed by atoms with Gasteiger partial charge in [-0.1, -0.05) is 5.21 Å². The number of hydrogen-bond donors (Lipinski definition) is 1. The van der Waals surface area contributed by atoms with Crippen molar-refractivity contribution in [2.24, 2.45) is 11.7 Å². The standard InChI is InChI=1S/C11H19N5O2/c1-18-8-9-2-4-15(6-9)11(17)10-7-16(5-3-12)14-13-10/h7,9H,2-6,8,12H2,1H3. The minimum atomic E-state index is -0.0584. The molecule has 0 aromatic carbocycles. The van der Waals surface area contributed by atoms with Crippen LogP contribution in [0.2, 0.25) is 0 Å². The Hall–Kier alpha value is -1.47. The van der Waals surface area contributed by atoms with Crippen LogP contribution in [0.15, 0.2) is 6.20 Å². The van der Waals surface area contributed by atoms with E-state index in [2.05, 4.69) is 10.3 Å². The van der Waals surface area contributed by atoms with Crippen molar-refractivity contribution < 1.29 is 9.53 Å². The first-order valence-electron chi connectivity index (χ1n) is 6.13. The summed E-state index contributed by atoms with van der Waals surface area (Å²) < 4.78 is 6.70. The Kier molecular flexibility index (Phi) is 4.27. The molecule has 0 bridgehead atoms. The van der Waals surface area contributed by atoms with Gasteiger partial charge in [-0.05, 0) is 6.42 Å². The van der Waals surface area contributed by atoms with Gasteiger partial charge in [-0.15, -0.1) is 5.10 Å². The SMILES string of the molecule is COCC1CCN(C(=O)c2cn(CCN)nn2)C1. The van der Waals surface area contributed by atoms with Crippen molar-refractivity contribution in [3.63, 3.8) is 0 Å². The summed E-state index contributed by atoms with van der Waals surface area (Å²) in [5, 5.41) is 7.75. The van der Waals surface area contributed by atoms with Crippen molar-refractivity contribution in [3.05, 3.63) is 11.9 Å². The molecule has 7 nitrogen and oxygen atoms in total. The highest BCUT2D eigenvalue weighted by Crippen LogP contribution is 2.18. The molecule has 1 amide bonds. The number of hydrogen-bond acceptors (Lipinski definition) is 5. The quantitative estimate of drug-likeness (QED) is 0.753. The van der Waals surface area contributed by atoms with Gasteiger partial charge in [0.25, 0.3) is 5.91 Å². The van der Waals surface area contributed by atoms with E-state index in [0.29, 0.717) is 31.3 Å². The largest absolute Gasteiger partial charge is 0.384 e. The number of nitrogens with zero attached hydrogens (tertiary/aromatic N) is 4. The lowest BCUT2D eigenvalue weighted by molar-refractivity contribution is 0.0769. The van der Waals surface area contributed by atoms with E-state index in [4.69, 9.17) is 10.5 Å². The van der Waals surface area contributed by atoms with Gasteiger partial charge in [-0.3, -0.25) is 9.48 Å². The number of amides is 1. The van der Waals surface area contributed by atoms with Gasteiger partial charge >= 0.3 is 0 Å². The van der Waals surface area contributed by atoms with Gasteiger partial charge in [0, 0.05) is 32.7 Å². The molecule has 1 fully saturated rings. The number of likely N-dealkylation sites (tertiary alicyclic amines) is 1. The van der Waals surface area contributed by atoms with Crippen LogP contribution in [0.1, 0.15) is 16.9 Å². The summed E-state index contributed by atoms with van der Waals surface area (Å²) in [6, 6.07) is 0. The van der Waals surface area contributed by atoms with Crippen LogP contribution < -0.4 is 5.73 Å². The van der Waals surface area contributed by atoms with Crippen LogP contribution in [-0.2, 0) is 11.3 Å². The summed E-state index contributed by atoms with van der Waals surface area (Å²) >= 11 is 0. The number of rotatable bonds is 5. The molecule has 1 saturated heterocycles. The molecule has 2 rings (SSSR count). The lowest BCUT2D eigenvalue weighted by Gasteiger charge is -2.14. The average molecular weight is 253 g/mol. The summed E-state index contributed by atoms with van der Waals surface area (Å²) in [5.74, 6) is 0.370. The number of carbonyl (C=O) groups excluding carboxylic acids is 1. The number of carbonyl (C=O) groups is 1. The fourth-order valence-corrected chi connectivity index (χ4v) is 2.19. The van der Waals surface area contributed by atoms with E-state index in [0.717, 1.165) is 19.5 Å². The van der Waals surface area contributed by atoms with Crippen molar-refractivity contribution in [2.75, 3.05) is 33.4 Å². The van der Waals surface area contributed by atoms with Crippen LogP contribution in [0.25, 0.3) is 0 Å². The molecular formula is C11H19N5O2. The van der Waals surface area contributed by atoms with Crippen LogP contribution in [0.4, 0.5) is 0 Å². The van der Waals surface area contributed by atoms with Gasteiger partial charge in [0.15, 0.2) is 5.69 Å². The molecule has 0 aliphatic carbocycles. The molecule has 1 aromatic heterocycles. The van der Waals surface area contributed by atoms with Crippen LogP contribution in [0, 0.1) is 5.92 Å². The van der Waals surface area contributed by atoms with Gasteiger partial charge in [-0.25, -0.2) is 0 Å². The third-order valence-electron chi connectivity index (χ3n) is 3.09. The first-order valence-corrected chi connectivity index (χ1v) is 6.13. The van der Waals surface area contributed by atoms with Gasteiger partial charge in [0.05, 0.1) is 19.3 Å². The number of methoxy groups -OCH3 is 1. The second-order valence-corrected chi connectivity index (χ2v) is 4.52. The van der Waals surface area contributed by atoms with Crippen LogP contribution >= 0.6 is 0 Å². The molecule has 1 aromatic rings. The Morgan fingerprint density at radius 3 is 3.22 bits per heavy atom. The van der Waals surface area contributed by atoms with Gasteiger partial charge < -0.3 is 15.4 Å². The molecule has 0 radical (unpaired) electrons. The molecule has 100 valence electrons. The molecule has 2 heterocycles. The number of nitrogens with two attached hydrogens (primary N) is 1. The average Bonchev–Trinajstić information content (AvgIpc) is 2.98. The van der Waals surface area contributed by atoms with E-state index in [9.17, 15) is 4.79 Å². The molecular weight excluding hydrogens is 234 g/mol. The van der Waals surface area contributed by atoms with E-state index in [1.165, 1.54) is 0 Å². The fraction of sp³-hybridized carbons (Fsp3) is 0.727. The van der Waals surface area contributed by atoms with Crippen LogP contribution in [-0.4, -0.2) is 59.2 Å². The maximum Gasteiger partial charge on any atom is 0.276 e. The minimum absolute atomic E-state index is 0.0584. The van der Waals surface area contributed by atoms with Gasteiger partial charge in [0.2, 0.25) is 0 Å². The van der Waals surface area contributed by atoms with Crippen molar-refractivity contribution in [1.82, 2.24) is 19.9 Å². The molecule has 1 aliphatic heterocycles. The van der Waals surface area contributed by atoms with E-state index in [1.54, 1.807) is 22.9 Å². The lowest BCUT2D eigenvalue weighted by atomic mass is 10.1. The second-order valence-electron chi connectivity index (χ2n) is 4.52. The maximum absolute atomic E-state index is 12.2. The van der Waals surface area contributed by atoms with E-state index in [1.807, 2.05) is 0 Å². The predicted molar refractivity (Wildman–Crippen MR) is 65.0 cm³/mol. The topological polar surface area (TPSA) is 86.3 Å². The van der Waals surface area contributed by atoms with Gasteiger partial charge in [0.1, 0.15) is 0 Å². The number of aromatic nitrogens is 3. The highest BCUT2D eigenvalue weighted by atomic mass is 16.5. The predicted octanol–water partition coefficient (Wildman–Crippen LogP) is -0.655. The molecule has 1 unspecified atom stereocenters. The lowest BCUT2D eigenvalue weighted by Crippen LogP contribution is -2.29. The van der Waals surface area contributed by atoms with Crippen molar-refractivity contribution >= 4 is 5.91 Å². The Morgan fingerprint density at radius 2 is 2.50 bits per heavy atom.